The van der Waals surface area contributed by atoms with Gasteiger partial charge in [-0.25, -0.2) is 4.79 Å². The van der Waals surface area contributed by atoms with Crippen molar-refractivity contribution >= 4 is 5.97 Å². The summed E-state index contributed by atoms with van der Waals surface area (Å²) in [5.74, 6) is -0.164. The summed E-state index contributed by atoms with van der Waals surface area (Å²) >= 11 is 0. The molecular weight excluding hydrogens is 384 g/mol. The molecule has 152 valence electrons. The summed E-state index contributed by atoms with van der Waals surface area (Å²) in [6.07, 6.45) is 1.16. The Bertz CT molecular complexity index is 1190. The van der Waals surface area contributed by atoms with Crippen LogP contribution in [0, 0.1) is 0 Å². The number of carbonyl (C=O) groups excluding carboxylic acids is 1. The molecular formula is C28H22O3. The van der Waals surface area contributed by atoms with Crippen molar-refractivity contribution < 1.29 is 14.6 Å². The van der Waals surface area contributed by atoms with Crippen LogP contribution in [-0.4, -0.2) is 11.1 Å². The number of ether oxygens (including phenoxy) is 1. The van der Waals surface area contributed by atoms with E-state index < -0.39 is 5.97 Å². The van der Waals surface area contributed by atoms with Crippen molar-refractivity contribution in [2.75, 3.05) is 0 Å². The normalized spacial score (nSPS) is 10.5. The highest BCUT2D eigenvalue weighted by molar-refractivity contribution is 5.84. The number of benzene rings is 4. The van der Waals surface area contributed by atoms with Gasteiger partial charge in [0.15, 0.2) is 0 Å². The standard InChI is InChI=1S/C28H22O3/c1-2-28(30)31-19-20-7-9-21(10-8-20)22-11-13-23(14-12-22)26-5-3-4-6-27(26)24-15-17-25(29)18-16-24/h2-18,29H,1,19H2. The molecule has 0 amide bonds. The molecule has 0 bridgehead atoms. The lowest BCUT2D eigenvalue weighted by Gasteiger charge is -2.11. The number of phenolic OH excluding ortho intramolecular Hbond substituents is 1. The number of carbonyl (C=O) groups is 1. The van der Waals surface area contributed by atoms with E-state index in [9.17, 15) is 9.90 Å². The zero-order valence-corrected chi connectivity index (χ0v) is 17.0. The van der Waals surface area contributed by atoms with Crippen molar-refractivity contribution in [3.63, 3.8) is 0 Å². The maximum absolute atomic E-state index is 11.2. The van der Waals surface area contributed by atoms with E-state index in [1.165, 1.54) is 0 Å². The van der Waals surface area contributed by atoms with Gasteiger partial charge >= 0.3 is 5.97 Å². The lowest BCUT2D eigenvalue weighted by atomic mass is 9.93. The van der Waals surface area contributed by atoms with E-state index in [1.54, 1.807) is 12.1 Å². The first-order valence-electron chi connectivity index (χ1n) is 10.0. The van der Waals surface area contributed by atoms with Gasteiger partial charge in [0.2, 0.25) is 0 Å². The third kappa shape index (κ3) is 4.73. The van der Waals surface area contributed by atoms with Crippen molar-refractivity contribution in [1.82, 2.24) is 0 Å². The molecule has 0 spiro atoms. The summed E-state index contributed by atoms with van der Waals surface area (Å²) in [5.41, 5.74) is 7.58. The van der Waals surface area contributed by atoms with Crippen molar-refractivity contribution in [1.29, 1.82) is 0 Å². The van der Waals surface area contributed by atoms with E-state index in [0.717, 1.165) is 45.0 Å². The Kier molecular flexibility index (Phi) is 5.95. The number of hydrogen-bond donors (Lipinski definition) is 1. The molecule has 4 aromatic carbocycles. The molecule has 1 N–H and O–H groups in total. The molecule has 4 rings (SSSR count). The van der Waals surface area contributed by atoms with Gasteiger partial charge in [-0.15, -0.1) is 0 Å². The van der Waals surface area contributed by atoms with Crippen molar-refractivity contribution in [3.8, 4) is 39.1 Å². The summed E-state index contributed by atoms with van der Waals surface area (Å²) in [6.45, 7) is 3.63. The fraction of sp³-hybridized carbons (Fsp3) is 0.0357. The van der Waals surface area contributed by atoms with Crippen LogP contribution >= 0.6 is 0 Å². The highest BCUT2D eigenvalue weighted by Gasteiger charge is 2.08. The van der Waals surface area contributed by atoms with Gasteiger partial charge in [0.1, 0.15) is 12.4 Å². The molecule has 3 nitrogen and oxygen atoms in total. The number of phenols is 1. The molecule has 0 unspecified atom stereocenters. The predicted molar refractivity (Wildman–Crippen MR) is 124 cm³/mol. The van der Waals surface area contributed by atoms with E-state index in [0.29, 0.717) is 0 Å². The number of esters is 1. The minimum Gasteiger partial charge on any atom is -0.508 e. The maximum Gasteiger partial charge on any atom is 0.330 e. The Hall–Kier alpha value is -4.11. The zero-order chi connectivity index (χ0) is 21.6. The average molecular weight is 406 g/mol. The maximum atomic E-state index is 11.2. The van der Waals surface area contributed by atoms with Crippen LogP contribution in [0.15, 0.2) is 110 Å². The van der Waals surface area contributed by atoms with Crippen LogP contribution in [0.25, 0.3) is 33.4 Å². The smallest absolute Gasteiger partial charge is 0.330 e. The van der Waals surface area contributed by atoms with Gasteiger partial charge in [-0.2, -0.15) is 0 Å². The fourth-order valence-corrected chi connectivity index (χ4v) is 3.48. The first kappa shape index (κ1) is 20.2. The SMILES string of the molecule is C=CC(=O)OCc1ccc(-c2ccc(-c3ccccc3-c3ccc(O)cc3)cc2)cc1. The molecule has 0 saturated carbocycles. The Labute approximate surface area is 181 Å². The van der Waals surface area contributed by atoms with Crippen LogP contribution in [0.3, 0.4) is 0 Å². The largest absolute Gasteiger partial charge is 0.508 e. The second-order valence-electron chi connectivity index (χ2n) is 7.18. The fourth-order valence-electron chi connectivity index (χ4n) is 3.48. The summed E-state index contributed by atoms with van der Waals surface area (Å²) in [4.78, 5) is 11.2. The molecule has 31 heavy (non-hydrogen) atoms. The minimum atomic E-state index is -0.424. The lowest BCUT2D eigenvalue weighted by molar-refractivity contribution is -0.138. The molecule has 0 heterocycles. The first-order valence-corrected chi connectivity index (χ1v) is 10.0. The molecule has 0 aliphatic rings. The zero-order valence-electron chi connectivity index (χ0n) is 17.0. The number of aromatic hydroxyl groups is 1. The Balaban J connectivity index is 1.56. The molecule has 0 aliphatic carbocycles. The topological polar surface area (TPSA) is 46.5 Å². The summed E-state index contributed by atoms with van der Waals surface area (Å²) < 4.78 is 5.07. The third-order valence-electron chi connectivity index (χ3n) is 5.14. The minimum absolute atomic E-state index is 0.234. The number of rotatable bonds is 6. The van der Waals surface area contributed by atoms with E-state index in [1.807, 2.05) is 48.5 Å². The summed E-state index contributed by atoms with van der Waals surface area (Å²) in [5, 5.41) is 9.59. The van der Waals surface area contributed by atoms with Crippen molar-refractivity contribution in [2.45, 2.75) is 6.61 Å². The molecule has 0 atom stereocenters. The van der Waals surface area contributed by atoms with Gasteiger partial charge in [0.25, 0.3) is 0 Å². The van der Waals surface area contributed by atoms with Crippen LogP contribution in [0.4, 0.5) is 0 Å². The second kappa shape index (κ2) is 9.14. The van der Waals surface area contributed by atoms with Gasteiger partial charge in [-0.05, 0) is 51.1 Å². The Morgan fingerprint density at radius 3 is 1.68 bits per heavy atom. The second-order valence-corrected chi connectivity index (χ2v) is 7.18. The highest BCUT2D eigenvalue weighted by Crippen LogP contribution is 2.33. The molecule has 0 radical (unpaired) electrons. The van der Waals surface area contributed by atoms with Crippen molar-refractivity contribution in [3.05, 3.63) is 115 Å². The van der Waals surface area contributed by atoms with Crippen molar-refractivity contribution in [2.24, 2.45) is 0 Å². The molecule has 0 aliphatic heterocycles. The molecule has 0 aromatic heterocycles. The van der Waals surface area contributed by atoms with Gasteiger partial charge in [-0.3, -0.25) is 0 Å². The highest BCUT2D eigenvalue weighted by atomic mass is 16.5. The van der Waals surface area contributed by atoms with E-state index in [4.69, 9.17) is 4.74 Å². The van der Waals surface area contributed by atoms with Gasteiger partial charge < -0.3 is 9.84 Å². The van der Waals surface area contributed by atoms with Crippen LogP contribution < -0.4 is 0 Å². The average Bonchev–Trinajstić information content (AvgIpc) is 2.83. The predicted octanol–water partition coefficient (Wildman–Crippen LogP) is 6.62. The van der Waals surface area contributed by atoms with Crippen LogP contribution in [0.5, 0.6) is 5.75 Å². The van der Waals surface area contributed by atoms with Gasteiger partial charge in [-0.1, -0.05) is 91.5 Å². The summed E-state index contributed by atoms with van der Waals surface area (Å²) in [6, 6.07) is 31.9. The lowest BCUT2D eigenvalue weighted by Crippen LogP contribution is -1.99. The van der Waals surface area contributed by atoms with Crippen LogP contribution in [-0.2, 0) is 16.1 Å². The van der Waals surface area contributed by atoms with E-state index >= 15 is 0 Å². The number of hydrogen-bond acceptors (Lipinski definition) is 3. The quantitative estimate of drug-likeness (QED) is 0.289. The third-order valence-corrected chi connectivity index (χ3v) is 5.14. The summed E-state index contributed by atoms with van der Waals surface area (Å²) in [7, 11) is 0. The van der Waals surface area contributed by atoms with Crippen LogP contribution in [0.2, 0.25) is 0 Å². The van der Waals surface area contributed by atoms with Gasteiger partial charge in [0.05, 0.1) is 0 Å². The molecule has 4 aromatic rings. The Morgan fingerprint density at radius 1 is 0.710 bits per heavy atom. The molecule has 0 fully saturated rings. The Morgan fingerprint density at radius 2 is 1.16 bits per heavy atom. The monoisotopic (exact) mass is 406 g/mol. The molecule has 0 saturated heterocycles. The molecule has 3 heteroatoms. The first-order chi connectivity index (χ1) is 15.1. The van der Waals surface area contributed by atoms with Crippen LogP contribution in [0.1, 0.15) is 5.56 Å². The van der Waals surface area contributed by atoms with Gasteiger partial charge in [0, 0.05) is 6.08 Å². The van der Waals surface area contributed by atoms with E-state index in [-0.39, 0.29) is 12.4 Å². The van der Waals surface area contributed by atoms with E-state index in [2.05, 4.69) is 43.0 Å².